The van der Waals surface area contributed by atoms with E-state index in [0.29, 0.717) is 5.69 Å². The van der Waals surface area contributed by atoms with E-state index >= 15 is 0 Å². The molecule has 0 N–H and O–H groups in total. The predicted octanol–water partition coefficient (Wildman–Crippen LogP) is 2.35. The van der Waals surface area contributed by atoms with Gasteiger partial charge in [-0.3, -0.25) is 9.59 Å². The monoisotopic (exact) mass is 291 g/mol. The van der Waals surface area contributed by atoms with Crippen LogP contribution in [0.1, 0.15) is 11.5 Å². The van der Waals surface area contributed by atoms with E-state index in [1.54, 1.807) is 12.1 Å². The quantitative estimate of drug-likeness (QED) is 0.758. The lowest BCUT2D eigenvalue weighted by Crippen LogP contribution is -2.51. The van der Waals surface area contributed by atoms with Crippen LogP contribution in [-0.2, 0) is 9.59 Å². The summed E-state index contributed by atoms with van der Waals surface area (Å²) in [5.41, 5.74) is 1.71. The fraction of sp³-hybridized carbons (Fsp3) is 0.222. The standard InChI is InChI=1S/C18H13NO3/c20-17-14-13-11-8-4-5-9-12(11)22-16(13)15(14)18(21)19(17)10-6-2-1-3-7-10/h1-9,13-16H/t13-,14-,15-,16-/m0/s1. The summed E-state index contributed by atoms with van der Waals surface area (Å²) in [7, 11) is 0. The van der Waals surface area contributed by atoms with Crippen LogP contribution in [0.5, 0.6) is 5.75 Å². The average molecular weight is 291 g/mol. The summed E-state index contributed by atoms with van der Waals surface area (Å²) in [4.78, 5) is 26.8. The highest BCUT2D eigenvalue weighted by Crippen LogP contribution is 2.60. The highest BCUT2D eigenvalue weighted by Gasteiger charge is 2.68. The van der Waals surface area contributed by atoms with Crippen molar-refractivity contribution in [3.63, 3.8) is 0 Å². The van der Waals surface area contributed by atoms with Gasteiger partial charge in [-0.1, -0.05) is 36.4 Å². The molecule has 22 heavy (non-hydrogen) atoms. The van der Waals surface area contributed by atoms with Crippen LogP contribution in [0.15, 0.2) is 54.6 Å². The molecule has 2 aromatic rings. The molecule has 2 fully saturated rings. The van der Waals surface area contributed by atoms with Crippen LogP contribution in [0.25, 0.3) is 0 Å². The van der Waals surface area contributed by atoms with Crippen LogP contribution in [-0.4, -0.2) is 17.9 Å². The fourth-order valence-corrected chi connectivity index (χ4v) is 4.08. The van der Waals surface area contributed by atoms with Crippen LogP contribution in [0.3, 0.4) is 0 Å². The zero-order chi connectivity index (χ0) is 14.8. The van der Waals surface area contributed by atoms with E-state index < -0.39 is 0 Å². The average Bonchev–Trinajstić information content (AvgIpc) is 2.93. The first-order valence-electron chi connectivity index (χ1n) is 7.46. The molecule has 0 unspecified atom stereocenters. The second-order valence-electron chi connectivity index (χ2n) is 6.05. The molecule has 0 spiro atoms. The zero-order valence-corrected chi connectivity index (χ0v) is 11.7. The third kappa shape index (κ3) is 1.28. The Kier molecular flexibility index (Phi) is 2.16. The normalized spacial score (nSPS) is 31.2. The van der Waals surface area contributed by atoms with Crippen LogP contribution in [0, 0.1) is 11.8 Å². The molecule has 108 valence electrons. The molecule has 2 amide bonds. The molecule has 2 aromatic carbocycles. The Bertz CT molecular complexity index is 801. The molecule has 4 heteroatoms. The highest BCUT2D eigenvalue weighted by molar-refractivity contribution is 6.23. The van der Waals surface area contributed by atoms with Gasteiger partial charge in [0, 0.05) is 11.5 Å². The van der Waals surface area contributed by atoms with Crippen molar-refractivity contribution >= 4 is 17.5 Å². The number of imide groups is 1. The van der Waals surface area contributed by atoms with Gasteiger partial charge in [0.05, 0.1) is 17.5 Å². The smallest absolute Gasteiger partial charge is 0.241 e. The van der Waals surface area contributed by atoms with Gasteiger partial charge in [-0.25, -0.2) is 4.90 Å². The molecular weight excluding hydrogens is 278 g/mol. The van der Waals surface area contributed by atoms with Gasteiger partial charge in [0.25, 0.3) is 0 Å². The lowest BCUT2D eigenvalue weighted by atomic mass is 9.62. The minimum atomic E-state index is -0.342. The first-order valence-corrected chi connectivity index (χ1v) is 7.46. The first kappa shape index (κ1) is 12.0. The summed E-state index contributed by atoms with van der Waals surface area (Å²) >= 11 is 0. The van der Waals surface area contributed by atoms with Crippen LogP contribution < -0.4 is 9.64 Å². The molecule has 2 heterocycles. The van der Waals surface area contributed by atoms with E-state index in [0.717, 1.165) is 11.3 Å². The minimum Gasteiger partial charge on any atom is -0.489 e. The maximum Gasteiger partial charge on any atom is 0.241 e. The molecule has 2 aliphatic heterocycles. The number of nitrogens with zero attached hydrogens (tertiary/aromatic N) is 1. The Morgan fingerprint density at radius 3 is 2.27 bits per heavy atom. The number of fused-ring (bicyclic) bond motifs is 6. The van der Waals surface area contributed by atoms with Crippen molar-refractivity contribution in [1.29, 1.82) is 0 Å². The summed E-state index contributed by atoms with van der Waals surface area (Å²) in [6.45, 7) is 0. The minimum absolute atomic E-state index is 0.0198. The Hall–Kier alpha value is -2.62. The maximum absolute atomic E-state index is 12.8. The van der Waals surface area contributed by atoms with Crippen molar-refractivity contribution in [1.82, 2.24) is 0 Å². The topological polar surface area (TPSA) is 46.6 Å². The van der Waals surface area contributed by atoms with Crippen LogP contribution in [0.4, 0.5) is 5.69 Å². The Labute approximate surface area is 127 Å². The van der Waals surface area contributed by atoms with E-state index in [2.05, 4.69) is 0 Å². The van der Waals surface area contributed by atoms with Crippen molar-refractivity contribution in [3.05, 3.63) is 60.2 Å². The summed E-state index contributed by atoms with van der Waals surface area (Å²) in [5, 5.41) is 0. The van der Waals surface area contributed by atoms with Gasteiger partial charge in [0.2, 0.25) is 11.8 Å². The number of hydrogen-bond donors (Lipinski definition) is 0. The van der Waals surface area contributed by atoms with Crippen LogP contribution in [0.2, 0.25) is 0 Å². The summed E-state index contributed by atoms with van der Waals surface area (Å²) in [6.07, 6.45) is -0.187. The Morgan fingerprint density at radius 1 is 0.773 bits per heavy atom. The second kappa shape index (κ2) is 3.97. The Balaban J connectivity index is 1.56. The maximum atomic E-state index is 12.8. The summed E-state index contributed by atoms with van der Waals surface area (Å²) < 4.78 is 5.92. The van der Waals surface area contributed by atoms with Crippen LogP contribution >= 0.6 is 0 Å². The molecule has 0 aromatic heterocycles. The zero-order valence-electron chi connectivity index (χ0n) is 11.7. The molecular formula is C18H13NO3. The van der Waals surface area contributed by atoms with E-state index in [9.17, 15) is 9.59 Å². The van der Waals surface area contributed by atoms with Gasteiger partial charge >= 0.3 is 0 Å². The SMILES string of the molecule is O=C1[C@@H]2[C@H]3Oc4ccccc4[C@H]3[C@@H]2C(=O)N1c1ccccc1. The van der Waals surface area contributed by atoms with Gasteiger partial charge < -0.3 is 4.74 Å². The fourth-order valence-electron chi connectivity index (χ4n) is 4.08. The molecule has 5 rings (SSSR count). The second-order valence-corrected chi connectivity index (χ2v) is 6.05. The van der Waals surface area contributed by atoms with Gasteiger partial charge in [-0.2, -0.15) is 0 Å². The Morgan fingerprint density at radius 2 is 1.45 bits per heavy atom. The molecule has 1 aliphatic carbocycles. The van der Waals surface area contributed by atoms with E-state index in [4.69, 9.17) is 4.74 Å². The highest BCUT2D eigenvalue weighted by atomic mass is 16.5. The molecule has 4 atom stereocenters. The predicted molar refractivity (Wildman–Crippen MR) is 79.5 cm³/mol. The summed E-state index contributed by atoms with van der Waals surface area (Å²) in [6, 6.07) is 16.9. The first-order chi connectivity index (χ1) is 10.8. The number of hydrogen-bond acceptors (Lipinski definition) is 3. The molecule has 1 saturated carbocycles. The number of carbonyl (C=O) groups excluding carboxylic acids is 2. The van der Waals surface area contributed by atoms with Gasteiger partial charge in [0.15, 0.2) is 0 Å². The summed E-state index contributed by atoms with van der Waals surface area (Å²) in [5.74, 6) is -0.00500. The van der Waals surface area contributed by atoms with Gasteiger partial charge in [0.1, 0.15) is 11.9 Å². The molecule has 0 radical (unpaired) electrons. The molecule has 4 nitrogen and oxygen atoms in total. The number of benzene rings is 2. The van der Waals surface area contributed by atoms with Crippen molar-refractivity contribution in [3.8, 4) is 5.75 Å². The molecule has 0 bridgehead atoms. The number of amides is 2. The third-order valence-electron chi connectivity index (χ3n) is 5.05. The lowest BCUT2D eigenvalue weighted by Gasteiger charge is -2.39. The van der Waals surface area contributed by atoms with E-state index in [-0.39, 0.29) is 35.7 Å². The largest absolute Gasteiger partial charge is 0.489 e. The van der Waals surface area contributed by atoms with Gasteiger partial charge in [-0.15, -0.1) is 0 Å². The lowest BCUT2D eigenvalue weighted by molar-refractivity contribution is -0.133. The van der Waals surface area contributed by atoms with Crippen molar-refractivity contribution in [2.75, 3.05) is 4.90 Å². The van der Waals surface area contributed by atoms with Gasteiger partial charge in [-0.05, 0) is 18.2 Å². The number of rotatable bonds is 1. The third-order valence-corrected chi connectivity index (χ3v) is 5.05. The number of para-hydroxylation sites is 2. The van der Waals surface area contributed by atoms with Crippen molar-refractivity contribution < 1.29 is 14.3 Å². The number of anilines is 1. The number of ether oxygens (including phenoxy) is 1. The van der Waals surface area contributed by atoms with Crippen molar-refractivity contribution in [2.24, 2.45) is 11.8 Å². The molecule has 3 aliphatic rings. The van der Waals surface area contributed by atoms with E-state index in [1.807, 2.05) is 42.5 Å². The van der Waals surface area contributed by atoms with E-state index in [1.165, 1.54) is 4.90 Å². The molecule has 1 saturated heterocycles. The van der Waals surface area contributed by atoms with Crippen molar-refractivity contribution in [2.45, 2.75) is 12.0 Å². The number of carbonyl (C=O) groups is 2.